The van der Waals surface area contributed by atoms with Gasteiger partial charge in [0.1, 0.15) is 0 Å². The van der Waals surface area contributed by atoms with Crippen LogP contribution >= 0.6 is 0 Å². The molecule has 3 saturated heterocycles. The van der Waals surface area contributed by atoms with Crippen molar-refractivity contribution in [2.45, 2.75) is 47.8 Å². The van der Waals surface area contributed by atoms with Crippen LogP contribution in [0.2, 0.25) is 0 Å². The van der Waals surface area contributed by atoms with Crippen LogP contribution < -0.4 is 20.1 Å². The molecule has 1 aliphatic carbocycles. The number of carbonyl (C=O) groups is 1. The average Bonchev–Trinajstić information content (AvgIpc) is 3.40. The van der Waals surface area contributed by atoms with Crippen molar-refractivity contribution >= 4 is 27.4 Å². The number of amides is 1. The summed E-state index contributed by atoms with van der Waals surface area (Å²) in [7, 11) is -0.715. The summed E-state index contributed by atoms with van der Waals surface area (Å²) < 4.78 is 47.0. The fourth-order valence-corrected chi connectivity index (χ4v) is 8.99. The highest BCUT2D eigenvalue weighted by Crippen LogP contribution is 2.66. The molecule has 6 atom stereocenters. The standard InChI is InChI=1S/C23H26N2O4.C6H7NO3S/c1-27-16-8-14-15(9-17(16)28-2)25-20(26)10-18-21-13-7-19-23(14,22(21)25)4-5-24(19)11-12(13)3-6-29-18;7-5-1-3-6(4-2-5)11(8,9)10/h3,8-9,13,18-19,21-22H,4-7,10-11H2,1-2H3;1-4H,7H2,(H,8,9,10)/t13-,18-,19-,21-,22-,23+;/m0./s1. The maximum atomic E-state index is 13.5. The van der Waals surface area contributed by atoms with Gasteiger partial charge in [-0.25, -0.2) is 0 Å². The molecule has 212 valence electrons. The second-order valence-corrected chi connectivity index (χ2v) is 12.9. The Morgan fingerprint density at radius 2 is 1.85 bits per heavy atom. The van der Waals surface area contributed by atoms with Gasteiger partial charge in [-0.2, -0.15) is 8.42 Å². The Labute approximate surface area is 233 Å². The fourth-order valence-electron chi connectivity index (χ4n) is 8.51. The van der Waals surface area contributed by atoms with Crippen LogP contribution in [0.25, 0.3) is 0 Å². The number of piperidine rings is 2. The van der Waals surface area contributed by atoms with Crippen LogP contribution in [0.3, 0.4) is 0 Å². The van der Waals surface area contributed by atoms with Crippen LogP contribution in [0.4, 0.5) is 11.4 Å². The molecule has 2 aromatic carbocycles. The first-order chi connectivity index (χ1) is 19.2. The van der Waals surface area contributed by atoms with Crippen LogP contribution in [-0.2, 0) is 25.1 Å². The van der Waals surface area contributed by atoms with Crippen molar-refractivity contribution in [3.63, 3.8) is 0 Å². The molecule has 0 aromatic heterocycles. The number of fused-ring (bicyclic) bond motifs is 2. The number of methoxy groups -OCH3 is 2. The molecular formula is C29H33N3O7S. The summed E-state index contributed by atoms with van der Waals surface area (Å²) >= 11 is 0. The van der Waals surface area contributed by atoms with E-state index in [1.807, 2.05) is 6.07 Å². The van der Waals surface area contributed by atoms with E-state index in [1.54, 1.807) is 19.8 Å². The molecule has 2 bridgehead atoms. The first-order valence-electron chi connectivity index (χ1n) is 13.6. The number of carbonyl (C=O) groups excluding carboxylic acids is 1. The highest BCUT2D eigenvalue weighted by Gasteiger charge is 2.71. The van der Waals surface area contributed by atoms with E-state index in [9.17, 15) is 13.2 Å². The van der Waals surface area contributed by atoms with E-state index < -0.39 is 10.1 Å². The second-order valence-electron chi connectivity index (χ2n) is 11.5. The lowest BCUT2D eigenvalue weighted by Gasteiger charge is -2.58. The summed E-state index contributed by atoms with van der Waals surface area (Å²) in [5, 5.41) is 0. The molecule has 0 radical (unpaired) electrons. The zero-order valence-corrected chi connectivity index (χ0v) is 23.3. The summed E-state index contributed by atoms with van der Waals surface area (Å²) in [6.07, 6.45) is 5.11. The largest absolute Gasteiger partial charge is 0.493 e. The molecule has 1 saturated carbocycles. The van der Waals surface area contributed by atoms with E-state index >= 15 is 0 Å². The van der Waals surface area contributed by atoms with E-state index in [0.29, 0.717) is 42.3 Å². The molecule has 3 N–H and O–H groups in total. The molecular weight excluding hydrogens is 534 g/mol. The predicted octanol–water partition coefficient (Wildman–Crippen LogP) is 2.63. The number of nitrogens with two attached hydrogens (primary N) is 1. The SMILES string of the molecule is COc1cc2c(cc1OC)[C@@]13CCN4CC5=CCO[C@H]6CC(=O)N2[C@H]1[C@H]6[C@H]5C[C@H]43.Nc1ccc(S(=O)(=O)O)cc1. The van der Waals surface area contributed by atoms with E-state index in [2.05, 4.69) is 21.9 Å². The van der Waals surface area contributed by atoms with Crippen molar-refractivity contribution in [3.05, 3.63) is 53.6 Å². The molecule has 2 aromatic rings. The van der Waals surface area contributed by atoms with Crippen LogP contribution in [0.15, 0.2) is 52.9 Å². The number of anilines is 2. The Morgan fingerprint density at radius 1 is 1.12 bits per heavy atom. The Hall–Kier alpha value is -3.12. The van der Waals surface area contributed by atoms with Crippen molar-refractivity contribution < 1.29 is 32.0 Å². The van der Waals surface area contributed by atoms with E-state index in [0.717, 1.165) is 30.9 Å². The Bertz CT molecular complexity index is 1520. The third-order valence-corrected chi connectivity index (χ3v) is 10.9. The van der Waals surface area contributed by atoms with Gasteiger partial charge in [0, 0.05) is 35.7 Å². The van der Waals surface area contributed by atoms with Gasteiger partial charge in [-0.15, -0.1) is 0 Å². The van der Waals surface area contributed by atoms with Crippen molar-refractivity contribution in [2.24, 2.45) is 11.8 Å². The molecule has 1 spiro atoms. The van der Waals surface area contributed by atoms with Gasteiger partial charge < -0.3 is 24.8 Å². The lowest BCUT2D eigenvalue weighted by atomic mass is 9.53. The monoisotopic (exact) mass is 567 g/mol. The van der Waals surface area contributed by atoms with E-state index in [1.165, 1.54) is 36.2 Å². The minimum atomic E-state index is -4.08. The maximum Gasteiger partial charge on any atom is 0.294 e. The molecule has 8 rings (SSSR count). The quantitative estimate of drug-likeness (QED) is 0.326. The zero-order chi connectivity index (χ0) is 28.0. The summed E-state index contributed by atoms with van der Waals surface area (Å²) in [6.45, 7) is 2.80. The smallest absolute Gasteiger partial charge is 0.294 e. The van der Waals surface area contributed by atoms with Gasteiger partial charge in [0.25, 0.3) is 10.1 Å². The summed E-state index contributed by atoms with van der Waals surface area (Å²) in [5.74, 6) is 2.57. The molecule has 4 fully saturated rings. The maximum absolute atomic E-state index is 13.5. The molecule has 10 nitrogen and oxygen atoms in total. The van der Waals surface area contributed by atoms with Crippen molar-refractivity contribution in [3.8, 4) is 11.5 Å². The second kappa shape index (κ2) is 8.94. The van der Waals surface area contributed by atoms with Gasteiger partial charge in [-0.3, -0.25) is 14.2 Å². The van der Waals surface area contributed by atoms with Gasteiger partial charge in [0.05, 0.1) is 50.0 Å². The van der Waals surface area contributed by atoms with Gasteiger partial charge >= 0.3 is 0 Å². The summed E-state index contributed by atoms with van der Waals surface area (Å²) in [5.41, 5.74) is 9.60. The summed E-state index contributed by atoms with van der Waals surface area (Å²) in [6, 6.07) is 10.2. The number of hydrogen-bond donors (Lipinski definition) is 2. The molecule has 5 heterocycles. The van der Waals surface area contributed by atoms with Crippen molar-refractivity contribution in [1.29, 1.82) is 0 Å². The van der Waals surface area contributed by atoms with Crippen LogP contribution in [-0.4, -0.2) is 75.9 Å². The molecule has 11 heteroatoms. The first-order valence-corrected chi connectivity index (χ1v) is 15.1. The first kappa shape index (κ1) is 25.8. The number of nitrogen functional groups attached to an aromatic ring is 1. The van der Waals surface area contributed by atoms with E-state index in [4.69, 9.17) is 24.5 Å². The molecule has 5 aliphatic heterocycles. The minimum Gasteiger partial charge on any atom is -0.493 e. The lowest BCUT2D eigenvalue weighted by molar-refractivity contribution is -0.132. The molecule has 40 heavy (non-hydrogen) atoms. The number of ether oxygens (including phenoxy) is 3. The number of hydrogen-bond acceptors (Lipinski definition) is 8. The van der Waals surface area contributed by atoms with Crippen LogP contribution in [0.5, 0.6) is 11.5 Å². The average molecular weight is 568 g/mol. The fraction of sp³-hybridized carbons (Fsp3) is 0.483. The number of nitrogens with zero attached hydrogens (tertiary/aromatic N) is 2. The normalized spacial score (nSPS) is 32.9. The van der Waals surface area contributed by atoms with Crippen LogP contribution in [0.1, 0.15) is 24.8 Å². The molecule has 6 aliphatic rings. The van der Waals surface area contributed by atoms with Crippen LogP contribution in [0, 0.1) is 11.8 Å². The topological polar surface area (TPSA) is 132 Å². The van der Waals surface area contributed by atoms with Gasteiger partial charge in [0.15, 0.2) is 11.5 Å². The Balaban J connectivity index is 0.000000205. The van der Waals surface area contributed by atoms with Crippen molar-refractivity contribution in [1.82, 2.24) is 4.90 Å². The van der Waals surface area contributed by atoms with E-state index in [-0.39, 0.29) is 28.4 Å². The van der Waals surface area contributed by atoms with Gasteiger partial charge in [-0.05, 0) is 61.2 Å². The number of benzene rings is 2. The molecule has 1 amide bonds. The third-order valence-electron chi connectivity index (χ3n) is 9.99. The zero-order valence-electron chi connectivity index (χ0n) is 22.4. The third kappa shape index (κ3) is 3.50. The predicted molar refractivity (Wildman–Crippen MR) is 147 cm³/mol. The number of rotatable bonds is 3. The van der Waals surface area contributed by atoms with Gasteiger partial charge in [0.2, 0.25) is 5.91 Å². The lowest BCUT2D eigenvalue weighted by Crippen LogP contribution is -2.69. The minimum absolute atomic E-state index is 0.0242. The molecule has 0 unspecified atom stereocenters. The summed E-state index contributed by atoms with van der Waals surface area (Å²) in [4.78, 5) is 18.1. The Kier molecular flexibility index (Phi) is 5.77. The Morgan fingerprint density at radius 3 is 2.55 bits per heavy atom. The highest BCUT2D eigenvalue weighted by atomic mass is 32.2. The van der Waals surface area contributed by atoms with Crippen molar-refractivity contribution in [2.75, 3.05) is 44.5 Å². The highest BCUT2D eigenvalue weighted by molar-refractivity contribution is 7.85. The van der Waals surface area contributed by atoms with Gasteiger partial charge in [-0.1, -0.05) is 11.6 Å².